The van der Waals surface area contributed by atoms with Crippen LogP contribution in [-0.4, -0.2) is 12.1 Å². The Hall–Kier alpha value is -1.83. The highest BCUT2D eigenvalue weighted by molar-refractivity contribution is 5.59. The second-order valence-electron chi connectivity index (χ2n) is 4.37. The molecule has 0 unspecified atom stereocenters. The zero-order chi connectivity index (χ0) is 12.8. The third-order valence-corrected chi connectivity index (χ3v) is 3.00. The van der Waals surface area contributed by atoms with Gasteiger partial charge in [0, 0.05) is 11.6 Å². The summed E-state index contributed by atoms with van der Waals surface area (Å²) in [6, 6.07) is 14.5. The van der Waals surface area contributed by atoms with Gasteiger partial charge < -0.3 is 4.74 Å². The number of pyridine rings is 1. The van der Waals surface area contributed by atoms with Crippen LogP contribution in [0.4, 0.5) is 0 Å². The Morgan fingerprint density at radius 2 is 1.83 bits per heavy atom. The minimum atomic E-state index is 0.655. The zero-order valence-corrected chi connectivity index (χ0v) is 11.0. The van der Waals surface area contributed by atoms with Gasteiger partial charge in [-0.3, -0.25) is 0 Å². The van der Waals surface area contributed by atoms with E-state index in [1.807, 2.05) is 18.2 Å². The number of hydrogen-bond donors (Lipinski definition) is 0. The smallest absolute Gasteiger partial charge is 0.213 e. The maximum Gasteiger partial charge on any atom is 0.213 e. The Bertz CT molecular complexity index is 491. The average molecular weight is 241 g/mol. The van der Waals surface area contributed by atoms with Crippen LogP contribution in [-0.2, 0) is 6.42 Å². The SMILES string of the molecule is CCCCc1ccc(-c2cccc(OC)n2)cc1. The van der Waals surface area contributed by atoms with Crippen molar-refractivity contribution in [1.82, 2.24) is 4.98 Å². The Balaban J connectivity index is 2.17. The molecule has 0 saturated heterocycles. The Labute approximate surface area is 109 Å². The van der Waals surface area contributed by atoms with Crippen molar-refractivity contribution >= 4 is 0 Å². The molecule has 0 aliphatic rings. The summed E-state index contributed by atoms with van der Waals surface area (Å²) < 4.78 is 5.14. The van der Waals surface area contributed by atoms with Gasteiger partial charge in [0.25, 0.3) is 0 Å². The molecule has 2 heteroatoms. The number of nitrogens with zero attached hydrogens (tertiary/aromatic N) is 1. The van der Waals surface area contributed by atoms with Crippen LogP contribution in [0.5, 0.6) is 5.88 Å². The predicted molar refractivity (Wildman–Crippen MR) is 74.8 cm³/mol. The molecule has 1 aromatic heterocycles. The third-order valence-electron chi connectivity index (χ3n) is 3.00. The van der Waals surface area contributed by atoms with Gasteiger partial charge in [-0.1, -0.05) is 43.7 Å². The fourth-order valence-corrected chi connectivity index (χ4v) is 1.91. The van der Waals surface area contributed by atoms with Crippen molar-refractivity contribution < 1.29 is 4.74 Å². The molecule has 0 aliphatic carbocycles. The van der Waals surface area contributed by atoms with Gasteiger partial charge in [-0.15, -0.1) is 0 Å². The summed E-state index contributed by atoms with van der Waals surface area (Å²) in [7, 11) is 1.64. The summed E-state index contributed by atoms with van der Waals surface area (Å²) in [6.45, 7) is 2.22. The standard InChI is InChI=1S/C16H19NO/c1-3-4-6-13-9-11-14(12-10-13)15-7-5-8-16(17-15)18-2/h5,7-12H,3-4,6H2,1-2H3. The molecule has 0 bridgehead atoms. The average Bonchev–Trinajstić information content (AvgIpc) is 2.46. The van der Waals surface area contributed by atoms with Crippen molar-refractivity contribution in [2.24, 2.45) is 0 Å². The van der Waals surface area contributed by atoms with Crippen molar-refractivity contribution in [3.8, 4) is 17.1 Å². The maximum absolute atomic E-state index is 5.14. The van der Waals surface area contributed by atoms with E-state index in [1.165, 1.54) is 18.4 Å². The molecular weight excluding hydrogens is 222 g/mol. The summed E-state index contributed by atoms with van der Waals surface area (Å²) in [4.78, 5) is 4.43. The molecule has 0 amide bonds. The second-order valence-corrected chi connectivity index (χ2v) is 4.37. The van der Waals surface area contributed by atoms with E-state index in [2.05, 4.69) is 36.2 Å². The first kappa shape index (κ1) is 12.6. The highest BCUT2D eigenvalue weighted by Gasteiger charge is 2.01. The van der Waals surface area contributed by atoms with Crippen LogP contribution in [0.2, 0.25) is 0 Å². The number of ether oxygens (including phenoxy) is 1. The van der Waals surface area contributed by atoms with E-state index in [0.717, 1.165) is 17.7 Å². The van der Waals surface area contributed by atoms with E-state index in [4.69, 9.17) is 4.74 Å². The molecule has 1 aromatic carbocycles. The fourth-order valence-electron chi connectivity index (χ4n) is 1.91. The number of rotatable bonds is 5. The maximum atomic E-state index is 5.14. The van der Waals surface area contributed by atoms with Gasteiger partial charge in [-0.2, -0.15) is 0 Å². The lowest BCUT2D eigenvalue weighted by Crippen LogP contribution is -1.90. The van der Waals surface area contributed by atoms with Crippen molar-refractivity contribution in [2.75, 3.05) is 7.11 Å². The molecular formula is C16H19NO. The van der Waals surface area contributed by atoms with Gasteiger partial charge in [-0.05, 0) is 24.5 Å². The molecule has 0 fully saturated rings. The summed E-state index contributed by atoms with van der Waals surface area (Å²) in [6.07, 6.45) is 3.64. The molecule has 1 heterocycles. The first-order chi connectivity index (χ1) is 8.83. The molecule has 2 aromatic rings. The van der Waals surface area contributed by atoms with Gasteiger partial charge >= 0.3 is 0 Å². The first-order valence-corrected chi connectivity index (χ1v) is 6.44. The number of benzene rings is 1. The van der Waals surface area contributed by atoms with Crippen LogP contribution in [0.1, 0.15) is 25.3 Å². The summed E-state index contributed by atoms with van der Waals surface area (Å²) in [5.74, 6) is 0.655. The van der Waals surface area contributed by atoms with Gasteiger partial charge in [0.15, 0.2) is 0 Å². The third kappa shape index (κ3) is 3.10. The molecule has 0 N–H and O–H groups in total. The van der Waals surface area contributed by atoms with E-state index in [1.54, 1.807) is 7.11 Å². The number of methoxy groups -OCH3 is 1. The minimum Gasteiger partial charge on any atom is -0.481 e. The van der Waals surface area contributed by atoms with Gasteiger partial charge in [0.2, 0.25) is 5.88 Å². The van der Waals surface area contributed by atoms with E-state index in [9.17, 15) is 0 Å². The second kappa shape index (κ2) is 6.20. The molecule has 0 saturated carbocycles. The van der Waals surface area contributed by atoms with E-state index < -0.39 is 0 Å². The Morgan fingerprint density at radius 1 is 1.06 bits per heavy atom. The zero-order valence-electron chi connectivity index (χ0n) is 11.0. The summed E-state index contributed by atoms with van der Waals surface area (Å²) in [5.41, 5.74) is 3.48. The van der Waals surface area contributed by atoms with Crippen molar-refractivity contribution in [2.45, 2.75) is 26.2 Å². The molecule has 18 heavy (non-hydrogen) atoms. The van der Waals surface area contributed by atoms with E-state index in [0.29, 0.717) is 5.88 Å². The van der Waals surface area contributed by atoms with Crippen LogP contribution >= 0.6 is 0 Å². The van der Waals surface area contributed by atoms with Crippen LogP contribution in [0, 0.1) is 0 Å². The predicted octanol–water partition coefficient (Wildman–Crippen LogP) is 4.10. The molecule has 0 atom stereocenters. The highest BCUT2D eigenvalue weighted by atomic mass is 16.5. The first-order valence-electron chi connectivity index (χ1n) is 6.44. The molecule has 94 valence electrons. The molecule has 0 radical (unpaired) electrons. The van der Waals surface area contributed by atoms with Gasteiger partial charge in [0.1, 0.15) is 0 Å². The van der Waals surface area contributed by atoms with E-state index in [-0.39, 0.29) is 0 Å². The normalized spacial score (nSPS) is 10.3. The molecule has 2 rings (SSSR count). The number of hydrogen-bond acceptors (Lipinski definition) is 2. The van der Waals surface area contributed by atoms with Crippen LogP contribution in [0.3, 0.4) is 0 Å². The minimum absolute atomic E-state index is 0.655. The van der Waals surface area contributed by atoms with Gasteiger partial charge in [-0.25, -0.2) is 4.98 Å². The van der Waals surface area contributed by atoms with Gasteiger partial charge in [0.05, 0.1) is 12.8 Å². The number of unbranched alkanes of at least 4 members (excludes halogenated alkanes) is 1. The summed E-state index contributed by atoms with van der Waals surface area (Å²) in [5, 5.41) is 0. The quantitative estimate of drug-likeness (QED) is 0.786. The van der Waals surface area contributed by atoms with Crippen LogP contribution < -0.4 is 4.74 Å². The van der Waals surface area contributed by atoms with Crippen molar-refractivity contribution in [1.29, 1.82) is 0 Å². The molecule has 2 nitrogen and oxygen atoms in total. The van der Waals surface area contributed by atoms with E-state index >= 15 is 0 Å². The Kier molecular flexibility index (Phi) is 4.35. The monoisotopic (exact) mass is 241 g/mol. The van der Waals surface area contributed by atoms with Crippen LogP contribution in [0.15, 0.2) is 42.5 Å². The van der Waals surface area contributed by atoms with Crippen molar-refractivity contribution in [3.63, 3.8) is 0 Å². The highest BCUT2D eigenvalue weighted by Crippen LogP contribution is 2.20. The summed E-state index contributed by atoms with van der Waals surface area (Å²) >= 11 is 0. The topological polar surface area (TPSA) is 22.1 Å². The molecule has 0 spiro atoms. The Morgan fingerprint density at radius 3 is 2.50 bits per heavy atom. The largest absolute Gasteiger partial charge is 0.481 e. The van der Waals surface area contributed by atoms with Crippen LogP contribution in [0.25, 0.3) is 11.3 Å². The lowest BCUT2D eigenvalue weighted by atomic mass is 10.0. The number of aryl methyl sites for hydroxylation is 1. The lowest BCUT2D eigenvalue weighted by molar-refractivity contribution is 0.398. The van der Waals surface area contributed by atoms with Crippen molar-refractivity contribution in [3.05, 3.63) is 48.0 Å². The number of aromatic nitrogens is 1. The lowest BCUT2D eigenvalue weighted by Gasteiger charge is -2.05. The molecule has 0 aliphatic heterocycles. The fraction of sp³-hybridized carbons (Fsp3) is 0.312.